The van der Waals surface area contributed by atoms with Crippen LogP contribution in [0.2, 0.25) is 0 Å². The second-order valence-electron chi connectivity index (χ2n) is 7.90. The molecule has 3 rings (SSSR count). The van der Waals surface area contributed by atoms with Crippen molar-refractivity contribution >= 4 is 45.7 Å². The van der Waals surface area contributed by atoms with Crippen molar-refractivity contribution < 1.29 is 48.0 Å². The van der Waals surface area contributed by atoms with Gasteiger partial charge in [-0.2, -0.15) is 0 Å². The molecule has 0 saturated heterocycles. The predicted molar refractivity (Wildman–Crippen MR) is 142 cm³/mol. The number of benzene rings is 3. The molecule has 3 aromatic rings. The van der Waals surface area contributed by atoms with Crippen LogP contribution in [0.4, 0.5) is 0 Å². The number of rotatable bonds is 10. The van der Waals surface area contributed by atoms with Crippen LogP contribution < -0.4 is 20.3 Å². The van der Waals surface area contributed by atoms with E-state index in [9.17, 15) is 29.1 Å². The minimum absolute atomic E-state index is 0.0840. The lowest BCUT2D eigenvalue weighted by Gasteiger charge is -2.23. The summed E-state index contributed by atoms with van der Waals surface area (Å²) in [6.07, 6.45) is -4.53. The number of carbonyl (C=O) groups is 5. The smallest absolute Gasteiger partial charge is 0.349 e. The SMILES string of the molecule is COc1cccc(C(=O)O[C@H](C(=O)NNC(=O)c2ccc(Br)cc2)[C@@H](OC(=O)c2cccc(OC)c2)C(=O)O)c1. The number of methoxy groups -OCH3 is 2. The maximum Gasteiger partial charge on any atom is 0.349 e. The zero-order valence-corrected chi connectivity index (χ0v) is 22.7. The average Bonchev–Trinajstić information content (AvgIpc) is 2.97. The summed E-state index contributed by atoms with van der Waals surface area (Å²) in [6.45, 7) is 0. The first-order valence-corrected chi connectivity index (χ1v) is 12.2. The molecule has 0 heterocycles. The van der Waals surface area contributed by atoms with Crippen LogP contribution in [0.5, 0.6) is 11.5 Å². The van der Waals surface area contributed by atoms with Crippen LogP contribution in [0.1, 0.15) is 31.1 Å². The molecule has 0 saturated carbocycles. The van der Waals surface area contributed by atoms with E-state index in [-0.39, 0.29) is 28.2 Å². The largest absolute Gasteiger partial charge is 0.497 e. The fourth-order valence-electron chi connectivity index (χ4n) is 3.22. The summed E-state index contributed by atoms with van der Waals surface area (Å²) < 4.78 is 21.1. The molecule has 13 heteroatoms. The van der Waals surface area contributed by atoms with Crippen LogP contribution >= 0.6 is 15.9 Å². The second kappa shape index (κ2) is 13.8. The third-order valence-corrected chi connectivity index (χ3v) is 5.79. The summed E-state index contributed by atoms with van der Waals surface area (Å²) in [6, 6.07) is 17.4. The van der Waals surface area contributed by atoms with E-state index in [0.717, 1.165) is 0 Å². The van der Waals surface area contributed by atoms with E-state index < -0.39 is 41.9 Å². The topological polar surface area (TPSA) is 167 Å². The van der Waals surface area contributed by atoms with Crippen molar-refractivity contribution in [3.63, 3.8) is 0 Å². The molecule has 0 fully saturated rings. The molecule has 3 N–H and O–H groups in total. The standard InChI is InChI=1S/C27H23BrN2O10/c1-37-19-7-3-5-16(13-19)26(35)39-21(24(32)30-29-23(31)15-9-11-18(28)12-10-15)22(25(33)34)40-27(36)17-6-4-8-20(14-17)38-2/h3-14,21-22H,1-2H3,(H,29,31)(H,30,32)(H,33,34)/t21-,22+/m0/s1. The van der Waals surface area contributed by atoms with E-state index in [2.05, 4.69) is 21.4 Å². The monoisotopic (exact) mass is 614 g/mol. The molecule has 0 bridgehead atoms. The molecular formula is C27H23BrN2O10. The van der Waals surface area contributed by atoms with Crippen molar-refractivity contribution in [1.29, 1.82) is 0 Å². The number of halogens is 1. The van der Waals surface area contributed by atoms with Crippen LogP contribution in [0, 0.1) is 0 Å². The lowest BCUT2D eigenvalue weighted by Crippen LogP contribution is -2.54. The van der Waals surface area contributed by atoms with E-state index in [1.807, 2.05) is 5.43 Å². The molecule has 0 aliphatic rings. The van der Waals surface area contributed by atoms with E-state index >= 15 is 0 Å². The first-order chi connectivity index (χ1) is 19.1. The summed E-state index contributed by atoms with van der Waals surface area (Å²) in [5.41, 5.74) is 4.11. The van der Waals surface area contributed by atoms with Crippen LogP contribution in [-0.4, -0.2) is 61.3 Å². The maximum absolute atomic E-state index is 13.1. The van der Waals surface area contributed by atoms with Crippen LogP contribution in [0.3, 0.4) is 0 Å². The number of carboxylic acid groups (broad SMARTS) is 1. The summed E-state index contributed by atoms with van der Waals surface area (Å²) in [4.78, 5) is 63.3. The Morgan fingerprint density at radius 2 is 1.20 bits per heavy atom. The summed E-state index contributed by atoms with van der Waals surface area (Å²) in [5, 5.41) is 9.85. The molecule has 0 aromatic heterocycles. The van der Waals surface area contributed by atoms with Crippen molar-refractivity contribution in [3.05, 3.63) is 94.0 Å². The lowest BCUT2D eigenvalue weighted by atomic mass is 10.1. The van der Waals surface area contributed by atoms with Gasteiger partial charge in [0.15, 0.2) is 0 Å². The fraction of sp³-hybridized carbons (Fsp3) is 0.148. The highest BCUT2D eigenvalue weighted by molar-refractivity contribution is 9.10. The van der Waals surface area contributed by atoms with E-state index in [4.69, 9.17) is 18.9 Å². The van der Waals surface area contributed by atoms with Crippen LogP contribution in [0.15, 0.2) is 77.3 Å². The number of carboxylic acids is 1. The molecule has 3 aromatic carbocycles. The number of amides is 2. The number of aliphatic carboxylic acids is 1. The molecule has 0 radical (unpaired) electrons. The highest BCUT2D eigenvalue weighted by Crippen LogP contribution is 2.18. The zero-order valence-electron chi connectivity index (χ0n) is 21.1. The zero-order chi connectivity index (χ0) is 29.2. The summed E-state index contributed by atoms with van der Waals surface area (Å²) in [7, 11) is 2.73. The summed E-state index contributed by atoms with van der Waals surface area (Å²) >= 11 is 3.24. The van der Waals surface area contributed by atoms with Gasteiger partial charge in [-0.15, -0.1) is 0 Å². The Hall–Kier alpha value is -4.91. The van der Waals surface area contributed by atoms with Gasteiger partial charge in [-0.05, 0) is 60.7 Å². The number of nitrogens with one attached hydrogen (secondary N) is 2. The number of esters is 2. The fourth-order valence-corrected chi connectivity index (χ4v) is 3.49. The number of hydrogen-bond donors (Lipinski definition) is 3. The van der Waals surface area contributed by atoms with Gasteiger partial charge in [0.2, 0.25) is 12.2 Å². The lowest BCUT2D eigenvalue weighted by molar-refractivity contribution is -0.159. The molecule has 0 spiro atoms. The predicted octanol–water partition coefficient (Wildman–Crippen LogP) is 2.76. The van der Waals surface area contributed by atoms with E-state index in [0.29, 0.717) is 4.47 Å². The molecule has 0 aliphatic heterocycles. The Balaban J connectivity index is 1.87. The third kappa shape index (κ3) is 7.80. The van der Waals surface area contributed by atoms with Crippen molar-refractivity contribution in [2.24, 2.45) is 0 Å². The Bertz CT molecular complexity index is 1410. The number of hydrazine groups is 1. The van der Waals surface area contributed by atoms with Gasteiger partial charge >= 0.3 is 17.9 Å². The highest BCUT2D eigenvalue weighted by atomic mass is 79.9. The van der Waals surface area contributed by atoms with E-state index in [1.54, 1.807) is 24.3 Å². The molecule has 12 nitrogen and oxygen atoms in total. The Morgan fingerprint density at radius 1 is 0.700 bits per heavy atom. The number of carbonyl (C=O) groups excluding carboxylic acids is 4. The molecule has 0 aliphatic carbocycles. The molecule has 2 atom stereocenters. The van der Waals surface area contributed by atoms with Crippen molar-refractivity contribution in [2.45, 2.75) is 12.2 Å². The first kappa shape index (κ1) is 29.6. The summed E-state index contributed by atoms with van der Waals surface area (Å²) in [5.74, 6) is -5.52. The van der Waals surface area contributed by atoms with Crippen molar-refractivity contribution in [2.75, 3.05) is 14.2 Å². The Morgan fingerprint density at radius 3 is 1.68 bits per heavy atom. The van der Waals surface area contributed by atoms with Crippen molar-refractivity contribution in [3.8, 4) is 11.5 Å². The molecular weight excluding hydrogens is 592 g/mol. The quantitative estimate of drug-likeness (QED) is 0.228. The molecule has 0 unspecified atom stereocenters. The van der Waals surface area contributed by atoms with Crippen molar-refractivity contribution in [1.82, 2.24) is 10.9 Å². The van der Waals surface area contributed by atoms with Crippen LogP contribution in [-0.2, 0) is 19.1 Å². The maximum atomic E-state index is 13.1. The minimum atomic E-state index is -2.31. The normalized spacial score (nSPS) is 11.8. The number of hydrogen-bond acceptors (Lipinski definition) is 9. The Kier molecular flexibility index (Phi) is 10.2. The molecule has 2 amide bonds. The highest BCUT2D eigenvalue weighted by Gasteiger charge is 2.41. The van der Waals surface area contributed by atoms with Gasteiger partial charge in [-0.25, -0.2) is 14.4 Å². The third-order valence-electron chi connectivity index (χ3n) is 5.26. The van der Waals surface area contributed by atoms with Gasteiger partial charge in [-0.1, -0.05) is 28.1 Å². The van der Waals surface area contributed by atoms with Crippen LogP contribution in [0.25, 0.3) is 0 Å². The minimum Gasteiger partial charge on any atom is -0.497 e. The second-order valence-corrected chi connectivity index (χ2v) is 8.82. The Labute approximate surface area is 236 Å². The number of ether oxygens (including phenoxy) is 4. The van der Waals surface area contributed by atoms with Gasteiger partial charge < -0.3 is 24.1 Å². The first-order valence-electron chi connectivity index (χ1n) is 11.4. The van der Waals surface area contributed by atoms with Gasteiger partial charge in [0, 0.05) is 10.0 Å². The van der Waals surface area contributed by atoms with Gasteiger partial charge in [-0.3, -0.25) is 20.4 Å². The average molecular weight is 615 g/mol. The van der Waals surface area contributed by atoms with Gasteiger partial charge in [0.1, 0.15) is 11.5 Å². The molecule has 208 valence electrons. The van der Waals surface area contributed by atoms with Gasteiger partial charge in [0.25, 0.3) is 11.8 Å². The van der Waals surface area contributed by atoms with Gasteiger partial charge in [0.05, 0.1) is 25.3 Å². The van der Waals surface area contributed by atoms with E-state index in [1.165, 1.54) is 62.8 Å². The molecule has 40 heavy (non-hydrogen) atoms.